The summed E-state index contributed by atoms with van der Waals surface area (Å²) >= 11 is 11.8. The molecular weight excluding hydrogens is 415 g/mol. The Kier molecular flexibility index (Phi) is 7.19. The molecule has 1 heterocycles. The van der Waals surface area contributed by atoms with Gasteiger partial charge in [-0.15, -0.1) is 0 Å². The van der Waals surface area contributed by atoms with Crippen LogP contribution >= 0.6 is 23.2 Å². The molecule has 0 atom stereocenters. The number of likely N-dealkylation sites (tertiary alicyclic amines) is 1. The largest absolute Gasteiger partial charge is 0.299 e. The number of rotatable bonds is 6. The SMILES string of the molecule is O=C(NN=Cc1ccc(Cl)c(Cl)c1)C1CCN(Cc2ccc([N+](=O)[O-])cc2)CC1. The third-order valence-electron chi connectivity index (χ3n) is 4.84. The summed E-state index contributed by atoms with van der Waals surface area (Å²) in [5, 5.41) is 15.6. The lowest BCUT2D eigenvalue weighted by molar-refractivity contribution is -0.384. The fourth-order valence-electron chi connectivity index (χ4n) is 3.19. The van der Waals surface area contributed by atoms with Gasteiger partial charge in [0.1, 0.15) is 0 Å². The lowest BCUT2D eigenvalue weighted by atomic mass is 9.96. The second-order valence-electron chi connectivity index (χ2n) is 6.88. The maximum Gasteiger partial charge on any atom is 0.269 e. The second kappa shape index (κ2) is 9.82. The van der Waals surface area contributed by atoms with Crippen LogP contribution in [0.2, 0.25) is 10.0 Å². The summed E-state index contributed by atoms with van der Waals surface area (Å²) in [4.78, 5) is 24.9. The number of nitro groups is 1. The van der Waals surface area contributed by atoms with E-state index >= 15 is 0 Å². The number of halogens is 2. The lowest BCUT2D eigenvalue weighted by Gasteiger charge is -2.30. The number of benzene rings is 2. The summed E-state index contributed by atoms with van der Waals surface area (Å²) in [6, 6.07) is 11.7. The molecule has 9 heteroatoms. The van der Waals surface area contributed by atoms with Crippen LogP contribution in [-0.4, -0.2) is 35.0 Å². The number of carbonyl (C=O) groups is 1. The molecule has 152 valence electrons. The van der Waals surface area contributed by atoms with Crippen molar-refractivity contribution in [1.29, 1.82) is 0 Å². The standard InChI is InChI=1S/C20H20Cl2N4O3/c21-18-6-3-15(11-19(18)22)12-23-24-20(27)16-7-9-25(10-8-16)13-14-1-4-17(5-2-14)26(28)29/h1-6,11-12,16H,7-10,13H2,(H,24,27). The van der Waals surface area contributed by atoms with Crippen LogP contribution in [0, 0.1) is 16.0 Å². The van der Waals surface area contributed by atoms with Gasteiger partial charge < -0.3 is 0 Å². The van der Waals surface area contributed by atoms with Crippen molar-refractivity contribution in [2.75, 3.05) is 13.1 Å². The number of hydrogen-bond acceptors (Lipinski definition) is 5. The fourth-order valence-corrected chi connectivity index (χ4v) is 3.50. The number of piperidine rings is 1. The summed E-state index contributed by atoms with van der Waals surface area (Å²) in [5.74, 6) is -0.189. The van der Waals surface area contributed by atoms with Gasteiger partial charge in [0.05, 0.1) is 21.2 Å². The van der Waals surface area contributed by atoms with E-state index in [1.807, 2.05) is 0 Å². The van der Waals surface area contributed by atoms with Crippen LogP contribution in [0.15, 0.2) is 47.6 Å². The van der Waals surface area contributed by atoms with Crippen molar-refractivity contribution in [2.24, 2.45) is 11.0 Å². The molecule has 0 radical (unpaired) electrons. The molecule has 0 unspecified atom stereocenters. The van der Waals surface area contributed by atoms with E-state index in [9.17, 15) is 14.9 Å². The van der Waals surface area contributed by atoms with E-state index in [1.54, 1.807) is 30.3 Å². The molecule has 0 aromatic heterocycles. The van der Waals surface area contributed by atoms with E-state index in [-0.39, 0.29) is 17.5 Å². The van der Waals surface area contributed by atoms with Gasteiger partial charge in [0, 0.05) is 24.6 Å². The van der Waals surface area contributed by atoms with Gasteiger partial charge >= 0.3 is 0 Å². The highest BCUT2D eigenvalue weighted by molar-refractivity contribution is 6.42. The van der Waals surface area contributed by atoms with Crippen molar-refractivity contribution < 1.29 is 9.72 Å². The van der Waals surface area contributed by atoms with Crippen molar-refractivity contribution >= 4 is 41.0 Å². The van der Waals surface area contributed by atoms with Crippen LogP contribution in [-0.2, 0) is 11.3 Å². The van der Waals surface area contributed by atoms with Crippen LogP contribution in [0.25, 0.3) is 0 Å². The van der Waals surface area contributed by atoms with Crippen LogP contribution in [0.5, 0.6) is 0 Å². The van der Waals surface area contributed by atoms with Crippen molar-refractivity contribution in [3.63, 3.8) is 0 Å². The minimum atomic E-state index is -0.405. The Morgan fingerprint density at radius 2 is 1.86 bits per heavy atom. The molecule has 1 aliphatic heterocycles. The van der Waals surface area contributed by atoms with E-state index in [1.165, 1.54) is 18.3 Å². The topological polar surface area (TPSA) is 87.8 Å². The summed E-state index contributed by atoms with van der Waals surface area (Å²) in [7, 11) is 0. The normalized spacial score (nSPS) is 15.5. The number of hydrazone groups is 1. The third kappa shape index (κ3) is 6.00. The first-order valence-electron chi connectivity index (χ1n) is 9.16. The van der Waals surface area contributed by atoms with Crippen LogP contribution in [0.3, 0.4) is 0 Å². The van der Waals surface area contributed by atoms with Gasteiger partial charge in [-0.3, -0.25) is 19.8 Å². The lowest BCUT2D eigenvalue weighted by Crippen LogP contribution is -2.39. The average Bonchev–Trinajstić information content (AvgIpc) is 2.71. The van der Waals surface area contributed by atoms with Gasteiger partial charge in [0.25, 0.3) is 5.69 Å². The zero-order valence-electron chi connectivity index (χ0n) is 15.6. The maximum atomic E-state index is 12.3. The number of nitrogens with one attached hydrogen (secondary N) is 1. The minimum absolute atomic E-state index is 0.0885. The Labute approximate surface area is 178 Å². The van der Waals surface area contributed by atoms with E-state index in [0.29, 0.717) is 16.6 Å². The summed E-state index contributed by atoms with van der Waals surface area (Å²) < 4.78 is 0. The molecule has 0 bridgehead atoms. The molecule has 0 spiro atoms. The molecule has 29 heavy (non-hydrogen) atoms. The molecule has 7 nitrogen and oxygen atoms in total. The smallest absolute Gasteiger partial charge is 0.269 e. The van der Waals surface area contributed by atoms with Crippen LogP contribution in [0.4, 0.5) is 5.69 Å². The first-order chi connectivity index (χ1) is 13.9. The molecule has 0 aliphatic carbocycles. The van der Waals surface area contributed by atoms with Crippen LogP contribution < -0.4 is 5.43 Å². The maximum absolute atomic E-state index is 12.3. The first kappa shape index (κ1) is 21.2. The summed E-state index contributed by atoms with van der Waals surface area (Å²) in [6.07, 6.45) is 3.01. The van der Waals surface area contributed by atoms with E-state index in [4.69, 9.17) is 23.2 Å². The van der Waals surface area contributed by atoms with Crippen molar-refractivity contribution in [3.8, 4) is 0 Å². The van der Waals surface area contributed by atoms with E-state index in [2.05, 4.69) is 15.4 Å². The molecular formula is C20H20Cl2N4O3. The fraction of sp³-hybridized carbons (Fsp3) is 0.300. The third-order valence-corrected chi connectivity index (χ3v) is 5.58. The zero-order valence-corrected chi connectivity index (χ0v) is 17.1. The van der Waals surface area contributed by atoms with Crippen molar-refractivity contribution in [2.45, 2.75) is 19.4 Å². The Morgan fingerprint density at radius 3 is 2.48 bits per heavy atom. The number of nitrogens with zero attached hydrogens (tertiary/aromatic N) is 3. The summed E-state index contributed by atoms with van der Waals surface area (Å²) in [6.45, 7) is 2.28. The number of hydrogen-bond donors (Lipinski definition) is 1. The number of non-ortho nitro benzene ring substituents is 1. The average molecular weight is 435 g/mol. The number of carbonyl (C=O) groups excluding carboxylic acids is 1. The molecule has 3 rings (SSSR count). The highest BCUT2D eigenvalue weighted by Crippen LogP contribution is 2.22. The molecule has 0 saturated carbocycles. The predicted molar refractivity (Wildman–Crippen MR) is 113 cm³/mol. The Bertz CT molecular complexity index is 910. The van der Waals surface area contributed by atoms with Gasteiger partial charge in [-0.05, 0) is 49.2 Å². The quantitative estimate of drug-likeness (QED) is 0.417. The molecule has 1 N–H and O–H groups in total. The molecule has 2 aromatic rings. The highest BCUT2D eigenvalue weighted by atomic mass is 35.5. The zero-order chi connectivity index (χ0) is 20.8. The first-order valence-corrected chi connectivity index (χ1v) is 9.91. The second-order valence-corrected chi connectivity index (χ2v) is 7.70. The Balaban J connectivity index is 1.44. The monoisotopic (exact) mass is 434 g/mol. The minimum Gasteiger partial charge on any atom is -0.299 e. The van der Waals surface area contributed by atoms with Gasteiger partial charge in [-0.1, -0.05) is 41.4 Å². The van der Waals surface area contributed by atoms with E-state index < -0.39 is 4.92 Å². The van der Waals surface area contributed by atoms with Gasteiger partial charge in [0.15, 0.2) is 0 Å². The van der Waals surface area contributed by atoms with Gasteiger partial charge in [0.2, 0.25) is 5.91 Å². The van der Waals surface area contributed by atoms with Crippen molar-refractivity contribution in [1.82, 2.24) is 10.3 Å². The van der Waals surface area contributed by atoms with Crippen molar-refractivity contribution in [3.05, 3.63) is 73.8 Å². The van der Waals surface area contributed by atoms with Gasteiger partial charge in [-0.25, -0.2) is 5.43 Å². The van der Waals surface area contributed by atoms with Crippen LogP contribution in [0.1, 0.15) is 24.0 Å². The molecule has 1 aliphatic rings. The molecule has 1 saturated heterocycles. The molecule has 2 aromatic carbocycles. The Hall–Kier alpha value is -2.48. The van der Waals surface area contributed by atoms with E-state index in [0.717, 1.165) is 37.1 Å². The number of amides is 1. The number of nitro benzene ring substituents is 1. The Morgan fingerprint density at radius 1 is 1.17 bits per heavy atom. The predicted octanol–water partition coefficient (Wildman–Crippen LogP) is 4.26. The molecule has 1 amide bonds. The van der Waals surface area contributed by atoms with Gasteiger partial charge in [-0.2, -0.15) is 5.10 Å². The highest BCUT2D eigenvalue weighted by Gasteiger charge is 2.24. The summed E-state index contributed by atoms with van der Waals surface area (Å²) in [5.41, 5.74) is 4.44. The molecule has 1 fully saturated rings.